The Morgan fingerprint density at radius 1 is 1.32 bits per heavy atom. The standard InChI is InChI=1S/C19H26N2O4/c1-2-25-19(24)17(18(23)13-5-7-20-8-6-13)21-16(22)11-15-10-12-3-4-14(15)9-12/h5-8,12,14-15,17-18,23H,2-4,9-11H2,1H3,(H,21,22). The summed E-state index contributed by atoms with van der Waals surface area (Å²) in [7, 11) is 0. The molecule has 0 spiro atoms. The van der Waals surface area contributed by atoms with Crippen LogP contribution in [0.4, 0.5) is 0 Å². The van der Waals surface area contributed by atoms with E-state index in [0.717, 1.165) is 12.3 Å². The van der Waals surface area contributed by atoms with Crippen molar-refractivity contribution in [3.63, 3.8) is 0 Å². The van der Waals surface area contributed by atoms with Gasteiger partial charge in [0.1, 0.15) is 6.10 Å². The molecule has 5 atom stereocenters. The van der Waals surface area contributed by atoms with E-state index in [2.05, 4.69) is 10.3 Å². The summed E-state index contributed by atoms with van der Waals surface area (Å²) >= 11 is 0. The second-order valence-corrected chi connectivity index (χ2v) is 7.16. The molecule has 5 unspecified atom stereocenters. The zero-order valence-corrected chi connectivity index (χ0v) is 14.6. The van der Waals surface area contributed by atoms with Gasteiger partial charge in [-0.15, -0.1) is 0 Å². The Bertz CT molecular complexity index is 607. The maximum atomic E-state index is 12.5. The molecular formula is C19H26N2O4. The largest absolute Gasteiger partial charge is 0.464 e. The number of carbonyl (C=O) groups excluding carboxylic acids is 2. The molecule has 0 radical (unpaired) electrons. The minimum Gasteiger partial charge on any atom is -0.464 e. The molecule has 2 N–H and O–H groups in total. The number of hydrogen-bond donors (Lipinski definition) is 2. The first-order valence-electron chi connectivity index (χ1n) is 9.12. The number of amides is 1. The number of aliphatic hydroxyl groups excluding tert-OH is 1. The number of nitrogens with one attached hydrogen (secondary N) is 1. The van der Waals surface area contributed by atoms with Crippen LogP contribution in [0, 0.1) is 17.8 Å². The summed E-state index contributed by atoms with van der Waals surface area (Å²) in [6.45, 7) is 1.89. The van der Waals surface area contributed by atoms with Crippen molar-refractivity contribution in [3.05, 3.63) is 30.1 Å². The van der Waals surface area contributed by atoms with E-state index in [1.165, 1.54) is 31.7 Å². The molecule has 2 fully saturated rings. The molecule has 1 aromatic heterocycles. The number of nitrogens with zero attached hydrogens (tertiary/aromatic N) is 1. The number of pyridine rings is 1. The predicted molar refractivity (Wildman–Crippen MR) is 91.3 cm³/mol. The molecule has 1 heterocycles. The molecule has 0 aliphatic heterocycles. The number of hydrogen-bond acceptors (Lipinski definition) is 5. The van der Waals surface area contributed by atoms with Crippen LogP contribution in [0.3, 0.4) is 0 Å². The first kappa shape index (κ1) is 17.9. The highest BCUT2D eigenvalue weighted by molar-refractivity contribution is 5.85. The lowest BCUT2D eigenvalue weighted by molar-refractivity contribution is -0.151. The van der Waals surface area contributed by atoms with E-state index < -0.39 is 18.1 Å². The van der Waals surface area contributed by atoms with Gasteiger partial charge in [-0.25, -0.2) is 4.79 Å². The van der Waals surface area contributed by atoms with Crippen LogP contribution >= 0.6 is 0 Å². The lowest BCUT2D eigenvalue weighted by Gasteiger charge is -2.25. The fourth-order valence-corrected chi connectivity index (χ4v) is 4.35. The molecule has 1 aromatic rings. The Kier molecular flexibility index (Phi) is 5.68. The number of rotatable bonds is 7. The van der Waals surface area contributed by atoms with Gasteiger partial charge in [0.15, 0.2) is 6.04 Å². The minimum absolute atomic E-state index is 0.191. The first-order valence-corrected chi connectivity index (χ1v) is 9.12. The fraction of sp³-hybridized carbons (Fsp3) is 0.632. The maximum Gasteiger partial charge on any atom is 0.331 e. The zero-order valence-electron chi connectivity index (χ0n) is 14.6. The minimum atomic E-state index is -1.16. The average molecular weight is 346 g/mol. The lowest BCUT2D eigenvalue weighted by Crippen LogP contribution is -2.46. The molecule has 2 aliphatic rings. The Balaban J connectivity index is 1.64. The van der Waals surface area contributed by atoms with Crippen molar-refractivity contribution in [1.82, 2.24) is 10.3 Å². The quantitative estimate of drug-likeness (QED) is 0.737. The van der Waals surface area contributed by atoms with Gasteiger partial charge in [-0.05, 0) is 61.6 Å². The van der Waals surface area contributed by atoms with Gasteiger partial charge in [-0.2, -0.15) is 0 Å². The molecule has 136 valence electrons. The van der Waals surface area contributed by atoms with Crippen LogP contribution in [0.15, 0.2) is 24.5 Å². The highest BCUT2D eigenvalue weighted by Crippen LogP contribution is 2.49. The second kappa shape index (κ2) is 7.95. The van der Waals surface area contributed by atoms with Crippen molar-refractivity contribution < 1.29 is 19.4 Å². The molecule has 2 saturated carbocycles. The van der Waals surface area contributed by atoms with Crippen LogP contribution in [0.25, 0.3) is 0 Å². The molecule has 0 saturated heterocycles. The Hall–Kier alpha value is -1.95. The van der Waals surface area contributed by atoms with E-state index in [0.29, 0.717) is 23.8 Å². The van der Waals surface area contributed by atoms with E-state index in [1.807, 2.05) is 0 Å². The van der Waals surface area contributed by atoms with E-state index in [-0.39, 0.29) is 12.5 Å². The number of fused-ring (bicyclic) bond motifs is 2. The summed E-state index contributed by atoms with van der Waals surface area (Å²) in [5.74, 6) is 1.00. The average Bonchev–Trinajstić information content (AvgIpc) is 3.23. The fourth-order valence-electron chi connectivity index (χ4n) is 4.35. The van der Waals surface area contributed by atoms with Crippen LogP contribution in [-0.2, 0) is 14.3 Å². The summed E-state index contributed by atoms with van der Waals surface area (Å²) < 4.78 is 5.04. The summed E-state index contributed by atoms with van der Waals surface area (Å²) in [5.41, 5.74) is 0.522. The van der Waals surface area contributed by atoms with Gasteiger partial charge in [0.05, 0.1) is 6.61 Å². The lowest BCUT2D eigenvalue weighted by atomic mass is 9.86. The van der Waals surface area contributed by atoms with Gasteiger partial charge < -0.3 is 15.2 Å². The summed E-state index contributed by atoms with van der Waals surface area (Å²) in [6, 6.07) is 2.14. The highest BCUT2D eigenvalue weighted by Gasteiger charge is 2.41. The van der Waals surface area contributed by atoms with Crippen LogP contribution in [-0.4, -0.2) is 34.6 Å². The van der Waals surface area contributed by atoms with Gasteiger partial charge in [0, 0.05) is 18.8 Å². The third kappa shape index (κ3) is 4.18. The number of ether oxygens (including phenoxy) is 1. The molecule has 3 rings (SSSR count). The molecule has 1 amide bonds. The van der Waals surface area contributed by atoms with E-state index >= 15 is 0 Å². The molecule has 2 aliphatic carbocycles. The third-order valence-electron chi connectivity index (χ3n) is 5.55. The Morgan fingerprint density at radius 3 is 2.68 bits per heavy atom. The number of carbonyl (C=O) groups is 2. The van der Waals surface area contributed by atoms with Crippen molar-refractivity contribution in [2.45, 2.75) is 51.2 Å². The van der Waals surface area contributed by atoms with Crippen molar-refractivity contribution in [1.29, 1.82) is 0 Å². The molecule has 0 aromatic carbocycles. The summed E-state index contributed by atoms with van der Waals surface area (Å²) in [6.07, 6.45) is 7.17. The third-order valence-corrected chi connectivity index (χ3v) is 5.55. The highest BCUT2D eigenvalue weighted by atomic mass is 16.5. The van der Waals surface area contributed by atoms with Crippen LogP contribution in [0.2, 0.25) is 0 Å². The number of aliphatic hydroxyl groups is 1. The van der Waals surface area contributed by atoms with Crippen LogP contribution in [0.1, 0.15) is 50.7 Å². The van der Waals surface area contributed by atoms with Gasteiger partial charge in [-0.1, -0.05) is 6.42 Å². The van der Waals surface area contributed by atoms with Gasteiger partial charge in [0.2, 0.25) is 5.91 Å². The van der Waals surface area contributed by atoms with Crippen molar-refractivity contribution in [2.24, 2.45) is 17.8 Å². The first-order chi connectivity index (χ1) is 12.1. The molecular weight excluding hydrogens is 320 g/mol. The molecule has 2 bridgehead atoms. The van der Waals surface area contributed by atoms with E-state index in [9.17, 15) is 14.7 Å². The summed E-state index contributed by atoms with van der Waals surface area (Å²) in [4.78, 5) is 28.6. The van der Waals surface area contributed by atoms with Gasteiger partial charge in [-0.3, -0.25) is 9.78 Å². The van der Waals surface area contributed by atoms with Crippen molar-refractivity contribution >= 4 is 11.9 Å². The van der Waals surface area contributed by atoms with E-state index in [1.54, 1.807) is 19.1 Å². The number of esters is 1. The van der Waals surface area contributed by atoms with Crippen LogP contribution < -0.4 is 5.32 Å². The molecule has 6 nitrogen and oxygen atoms in total. The summed E-state index contributed by atoms with van der Waals surface area (Å²) in [5, 5.41) is 13.3. The van der Waals surface area contributed by atoms with Crippen molar-refractivity contribution in [3.8, 4) is 0 Å². The Morgan fingerprint density at radius 2 is 2.08 bits per heavy atom. The SMILES string of the molecule is CCOC(=O)C(NC(=O)CC1CC2CCC1C2)C(O)c1ccncc1. The monoisotopic (exact) mass is 346 g/mol. The Labute approximate surface area is 148 Å². The van der Waals surface area contributed by atoms with Gasteiger partial charge >= 0.3 is 5.97 Å². The van der Waals surface area contributed by atoms with Crippen molar-refractivity contribution in [2.75, 3.05) is 6.61 Å². The predicted octanol–water partition coefficient (Wildman–Crippen LogP) is 1.99. The number of aromatic nitrogens is 1. The maximum absolute atomic E-state index is 12.5. The smallest absolute Gasteiger partial charge is 0.331 e. The van der Waals surface area contributed by atoms with E-state index in [4.69, 9.17) is 4.74 Å². The second-order valence-electron chi connectivity index (χ2n) is 7.16. The van der Waals surface area contributed by atoms with Crippen LogP contribution in [0.5, 0.6) is 0 Å². The molecule has 6 heteroatoms. The zero-order chi connectivity index (χ0) is 17.8. The van der Waals surface area contributed by atoms with Gasteiger partial charge in [0.25, 0.3) is 0 Å². The normalized spacial score (nSPS) is 26.9. The topological polar surface area (TPSA) is 88.5 Å². The molecule has 25 heavy (non-hydrogen) atoms.